The highest BCUT2D eigenvalue weighted by Gasteiger charge is 2.38. The van der Waals surface area contributed by atoms with E-state index in [0.717, 1.165) is 6.07 Å². The molecule has 1 aromatic carbocycles. The van der Waals surface area contributed by atoms with Crippen LogP contribution >= 0.6 is 23.2 Å². The Hall–Kier alpha value is -1.71. The van der Waals surface area contributed by atoms with Crippen molar-refractivity contribution in [1.82, 2.24) is 0 Å². The van der Waals surface area contributed by atoms with Crippen LogP contribution in [-0.4, -0.2) is 5.91 Å². The summed E-state index contributed by atoms with van der Waals surface area (Å²) in [5.41, 5.74) is -2.41. The second kappa shape index (κ2) is 5.73. The molecule has 8 heteroatoms. The van der Waals surface area contributed by atoms with Crippen molar-refractivity contribution < 1.29 is 18.0 Å². The molecule has 1 aromatic rings. The summed E-state index contributed by atoms with van der Waals surface area (Å²) in [6.07, 6.45) is -4.85. The lowest BCUT2D eigenvalue weighted by molar-refractivity contribution is -0.137. The molecule has 106 valence electrons. The van der Waals surface area contributed by atoms with Crippen LogP contribution in [0.5, 0.6) is 0 Å². The first-order chi connectivity index (χ1) is 9.09. The highest BCUT2D eigenvalue weighted by molar-refractivity contribution is 6.40. The largest absolute Gasteiger partial charge is 0.419 e. The van der Waals surface area contributed by atoms with Gasteiger partial charge in [0.2, 0.25) is 0 Å². The molecule has 1 amide bonds. The van der Waals surface area contributed by atoms with Crippen molar-refractivity contribution in [1.29, 1.82) is 5.26 Å². The summed E-state index contributed by atoms with van der Waals surface area (Å²) in [6.45, 7) is 4.71. The standard InChI is InChI=1S/C12H7Cl2F3N2O/c1-5(2)11(20)19-10-7(13)3-6(4-18)8(9(10)14)12(15,16)17/h3H,1H2,2H3,(H,19,20). The van der Waals surface area contributed by atoms with Crippen molar-refractivity contribution in [2.45, 2.75) is 13.1 Å². The molecule has 0 unspecified atom stereocenters. The number of amides is 1. The fraction of sp³-hybridized carbons (Fsp3) is 0.167. The number of nitrogens with one attached hydrogen (secondary N) is 1. The SMILES string of the molecule is C=C(C)C(=O)Nc1c(Cl)cc(C#N)c(C(F)(F)F)c1Cl. The first-order valence-electron chi connectivity index (χ1n) is 5.05. The van der Waals surface area contributed by atoms with Gasteiger partial charge in [-0.2, -0.15) is 18.4 Å². The van der Waals surface area contributed by atoms with Gasteiger partial charge in [0.1, 0.15) is 0 Å². The maximum absolute atomic E-state index is 12.9. The van der Waals surface area contributed by atoms with E-state index in [9.17, 15) is 18.0 Å². The smallest absolute Gasteiger partial charge is 0.320 e. The van der Waals surface area contributed by atoms with Crippen molar-refractivity contribution >= 4 is 34.8 Å². The molecule has 0 bridgehead atoms. The van der Waals surface area contributed by atoms with E-state index in [0.29, 0.717) is 0 Å². The lowest BCUT2D eigenvalue weighted by Crippen LogP contribution is -2.16. The van der Waals surface area contributed by atoms with Crippen molar-refractivity contribution in [3.05, 3.63) is 39.4 Å². The molecule has 0 atom stereocenters. The average Bonchev–Trinajstić information content (AvgIpc) is 2.31. The number of carbonyl (C=O) groups is 1. The molecule has 0 fully saturated rings. The molecule has 20 heavy (non-hydrogen) atoms. The van der Waals surface area contributed by atoms with Gasteiger partial charge in [-0.3, -0.25) is 4.79 Å². The molecule has 0 saturated heterocycles. The molecule has 1 N–H and O–H groups in total. The van der Waals surface area contributed by atoms with E-state index in [4.69, 9.17) is 28.5 Å². The molecular formula is C12H7Cl2F3N2O. The number of anilines is 1. The summed E-state index contributed by atoms with van der Waals surface area (Å²) in [6, 6.07) is 2.16. The molecule has 0 aromatic heterocycles. The van der Waals surface area contributed by atoms with Gasteiger partial charge in [0.05, 0.1) is 32.9 Å². The van der Waals surface area contributed by atoms with E-state index in [1.54, 1.807) is 0 Å². The molecule has 3 nitrogen and oxygen atoms in total. The molecule has 0 aliphatic carbocycles. The predicted molar refractivity (Wildman–Crippen MR) is 69.6 cm³/mol. The summed E-state index contributed by atoms with van der Waals surface area (Å²) in [4.78, 5) is 11.5. The minimum atomic E-state index is -4.85. The Labute approximate surface area is 122 Å². The molecule has 1 rings (SSSR count). The van der Waals surface area contributed by atoms with Crippen LogP contribution in [0.25, 0.3) is 0 Å². The number of hydrogen-bond acceptors (Lipinski definition) is 2. The molecule has 0 saturated carbocycles. The third-order valence-electron chi connectivity index (χ3n) is 2.25. The summed E-state index contributed by atoms with van der Waals surface area (Å²) < 4.78 is 38.7. The number of hydrogen-bond donors (Lipinski definition) is 1. The Balaban J connectivity index is 3.53. The predicted octanol–water partition coefficient (Wildman–Crippen LogP) is 4.40. The number of nitrogens with zero attached hydrogens (tertiary/aromatic N) is 1. The normalized spacial score (nSPS) is 10.8. The van der Waals surface area contributed by atoms with E-state index in [1.807, 2.05) is 0 Å². The summed E-state index contributed by atoms with van der Waals surface area (Å²) in [5, 5.41) is 9.75. The maximum atomic E-state index is 12.9. The van der Waals surface area contributed by atoms with Crippen molar-refractivity contribution in [2.75, 3.05) is 5.32 Å². The Bertz CT molecular complexity index is 633. The van der Waals surface area contributed by atoms with Crippen LogP contribution in [0.15, 0.2) is 18.2 Å². The zero-order chi connectivity index (χ0) is 15.7. The third kappa shape index (κ3) is 3.24. The van der Waals surface area contributed by atoms with Gasteiger partial charge in [0, 0.05) is 5.57 Å². The average molecular weight is 323 g/mol. The molecule has 0 aliphatic rings. The van der Waals surface area contributed by atoms with Crippen molar-refractivity contribution in [3.63, 3.8) is 0 Å². The van der Waals surface area contributed by atoms with Gasteiger partial charge in [-0.05, 0) is 13.0 Å². The quantitative estimate of drug-likeness (QED) is 0.820. The zero-order valence-electron chi connectivity index (χ0n) is 10.0. The number of alkyl halides is 3. The van der Waals surface area contributed by atoms with Crippen LogP contribution in [0.3, 0.4) is 0 Å². The zero-order valence-corrected chi connectivity index (χ0v) is 11.5. The first-order valence-corrected chi connectivity index (χ1v) is 5.81. The van der Waals surface area contributed by atoms with Crippen LogP contribution in [-0.2, 0) is 11.0 Å². The van der Waals surface area contributed by atoms with E-state index >= 15 is 0 Å². The van der Waals surface area contributed by atoms with E-state index in [-0.39, 0.29) is 10.6 Å². The van der Waals surface area contributed by atoms with Gasteiger partial charge in [0.25, 0.3) is 5.91 Å². The van der Waals surface area contributed by atoms with Crippen LogP contribution in [0.4, 0.5) is 18.9 Å². The summed E-state index contributed by atoms with van der Waals surface area (Å²) in [7, 11) is 0. The van der Waals surface area contributed by atoms with Gasteiger partial charge in [-0.15, -0.1) is 0 Å². The molecule has 0 heterocycles. The van der Waals surface area contributed by atoms with E-state index in [1.165, 1.54) is 13.0 Å². The Morgan fingerprint density at radius 2 is 2.00 bits per heavy atom. The van der Waals surface area contributed by atoms with Gasteiger partial charge in [-0.25, -0.2) is 0 Å². The highest BCUT2D eigenvalue weighted by Crippen LogP contribution is 2.43. The van der Waals surface area contributed by atoms with E-state index in [2.05, 4.69) is 11.9 Å². The Morgan fingerprint density at radius 3 is 2.40 bits per heavy atom. The second-order valence-electron chi connectivity index (χ2n) is 3.81. The minimum absolute atomic E-state index is 0.0649. The fourth-order valence-corrected chi connectivity index (χ4v) is 1.98. The van der Waals surface area contributed by atoms with Crippen LogP contribution in [0.2, 0.25) is 10.0 Å². The Kier molecular flexibility index (Phi) is 4.69. The van der Waals surface area contributed by atoms with E-state index < -0.39 is 33.9 Å². The van der Waals surface area contributed by atoms with Crippen LogP contribution < -0.4 is 5.32 Å². The lowest BCUT2D eigenvalue weighted by atomic mass is 10.1. The molecule has 0 spiro atoms. The monoisotopic (exact) mass is 322 g/mol. The maximum Gasteiger partial charge on any atom is 0.419 e. The van der Waals surface area contributed by atoms with Gasteiger partial charge >= 0.3 is 6.18 Å². The number of nitriles is 1. The first kappa shape index (κ1) is 16.3. The fourth-order valence-electron chi connectivity index (χ4n) is 1.32. The topological polar surface area (TPSA) is 52.9 Å². The van der Waals surface area contributed by atoms with Gasteiger partial charge in [0.15, 0.2) is 0 Å². The van der Waals surface area contributed by atoms with Crippen LogP contribution in [0, 0.1) is 11.3 Å². The third-order valence-corrected chi connectivity index (χ3v) is 2.92. The molecule has 0 aliphatic heterocycles. The lowest BCUT2D eigenvalue weighted by Gasteiger charge is -2.16. The number of carbonyl (C=O) groups excluding carboxylic acids is 1. The molecular weight excluding hydrogens is 316 g/mol. The number of benzene rings is 1. The van der Waals surface area contributed by atoms with Crippen molar-refractivity contribution in [2.24, 2.45) is 0 Å². The molecule has 0 radical (unpaired) electrons. The van der Waals surface area contributed by atoms with Crippen molar-refractivity contribution in [3.8, 4) is 6.07 Å². The number of rotatable bonds is 2. The number of halogens is 5. The minimum Gasteiger partial charge on any atom is -0.320 e. The van der Waals surface area contributed by atoms with Gasteiger partial charge < -0.3 is 5.32 Å². The highest BCUT2D eigenvalue weighted by atomic mass is 35.5. The van der Waals surface area contributed by atoms with Crippen LogP contribution in [0.1, 0.15) is 18.1 Å². The summed E-state index contributed by atoms with van der Waals surface area (Å²) >= 11 is 11.4. The van der Waals surface area contributed by atoms with Gasteiger partial charge in [-0.1, -0.05) is 29.8 Å². The second-order valence-corrected chi connectivity index (χ2v) is 4.60. The Morgan fingerprint density at radius 1 is 1.45 bits per heavy atom. The summed E-state index contributed by atoms with van der Waals surface area (Å²) in [5.74, 6) is -0.730.